The Morgan fingerprint density at radius 2 is 1.45 bits per heavy atom. The molecule has 0 fully saturated rings. The Morgan fingerprint density at radius 3 is 2.23 bits per heavy atom. The van der Waals surface area contributed by atoms with Gasteiger partial charge in [-0.3, -0.25) is 14.4 Å². The van der Waals surface area contributed by atoms with Crippen molar-refractivity contribution in [2.45, 2.75) is 33.1 Å². The summed E-state index contributed by atoms with van der Waals surface area (Å²) in [6.45, 7) is 3.45. The third-order valence-corrected chi connectivity index (χ3v) is 4.96. The Balaban J connectivity index is 1.40. The van der Waals surface area contributed by atoms with Gasteiger partial charge in [-0.15, -0.1) is 0 Å². The monoisotopic (exact) mass is 418 g/mol. The van der Waals surface area contributed by atoms with Gasteiger partial charge in [0.25, 0.3) is 5.91 Å². The molecule has 3 aromatic carbocycles. The molecule has 0 saturated heterocycles. The van der Waals surface area contributed by atoms with Crippen molar-refractivity contribution < 1.29 is 19.1 Å². The Morgan fingerprint density at radius 1 is 0.774 bits per heavy atom. The molecule has 0 aromatic heterocycles. The lowest BCUT2D eigenvalue weighted by atomic mass is 10.1. The zero-order valence-corrected chi connectivity index (χ0v) is 17.7. The molecule has 0 atom stereocenters. The highest BCUT2D eigenvalue weighted by molar-refractivity contribution is 6.02. The molecule has 0 heterocycles. The van der Waals surface area contributed by atoms with Crippen LogP contribution in [-0.4, -0.2) is 24.4 Å². The summed E-state index contributed by atoms with van der Waals surface area (Å²) in [4.78, 5) is 36.2. The standard InChI is InChI=1S/C25H26N2O4/c1-17-8-5-9-18(2)25(17)27-23(29)16-31-24(30)15-7-14-22(28)26-21-13-6-11-19-10-3-4-12-20(19)21/h3-6,8-13H,7,14-16H2,1-2H3,(H,26,28)(H,27,29). The van der Waals surface area contributed by atoms with Crippen molar-refractivity contribution in [3.8, 4) is 0 Å². The molecule has 0 saturated carbocycles. The molecule has 0 aliphatic carbocycles. The van der Waals surface area contributed by atoms with Crippen LogP contribution in [0.15, 0.2) is 60.7 Å². The first-order valence-corrected chi connectivity index (χ1v) is 10.2. The second-order valence-electron chi connectivity index (χ2n) is 7.40. The molecule has 0 bridgehead atoms. The van der Waals surface area contributed by atoms with Crippen molar-refractivity contribution in [1.82, 2.24) is 0 Å². The lowest BCUT2D eigenvalue weighted by molar-refractivity contribution is -0.147. The Bertz CT molecular complexity index is 1080. The van der Waals surface area contributed by atoms with Crippen LogP contribution in [0.25, 0.3) is 10.8 Å². The quantitative estimate of drug-likeness (QED) is 0.517. The third kappa shape index (κ3) is 6.15. The number of nitrogens with one attached hydrogen (secondary N) is 2. The third-order valence-electron chi connectivity index (χ3n) is 4.96. The minimum Gasteiger partial charge on any atom is -0.456 e. The summed E-state index contributed by atoms with van der Waals surface area (Å²) in [5.41, 5.74) is 3.36. The van der Waals surface area contributed by atoms with Gasteiger partial charge in [-0.25, -0.2) is 0 Å². The maximum absolute atomic E-state index is 12.2. The SMILES string of the molecule is Cc1cccc(C)c1NC(=O)COC(=O)CCCC(=O)Nc1cccc2ccccc12. The molecule has 0 aliphatic rings. The summed E-state index contributed by atoms with van der Waals surface area (Å²) in [5, 5.41) is 7.67. The van der Waals surface area contributed by atoms with E-state index in [1.165, 1.54) is 0 Å². The number of amides is 2. The van der Waals surface area contributed by atoms with Gasteiger partial charge in [0, 0.05) is 29.6 Å². The fourth-order valence-corrected chi connectivity index (χ4v) is 3.35. The Hall–Kier alpha value is -3.67. The second-order valence-corrected chi connectivity index (χ2v) is 7.40. The van der Waals surface area contributed by atoms with Crippen molar-refractivity contribution in [1.29, 1.82) is 0 Å². The smallest absolute Gasteiger partial charge is 0.306 e. The summed E-state index contributed by atoms with van der Waals surface area (Å²) < 4.78 is 5.03. The van der Waals surface area contributed by atoms with Crippen molar-refractivity contribution in [2.24, 2.45) is 0 Å². The largest absolute Gasteiger partial charge is 0.456 e. The summed E-state index contributed by atoms with van der Waals surface area (Å²) in [5.74, 6) is -1.06. The fourth-order valence-electron chi connectivity index (χ4n) is 3.35. The molecule has 0 unspecified atom stereocenters. The number of hydrogen-bond donors (Lipinski definition) is 2. The van der Waals surface area contributed by atoms with Crippen LogP contribution in [-0.2, 0) is 19.1 Å². The first kappa shape index (κ1) is 22.0. The van der Waals surface area contributed by atoms with Crippen molar-refractivity contribution in [3.63, 3.8) is 0 Å². The van der Waals surface area contributed by atoms with Crippen molar-refractivity contribution >= 4 is 39.9 Å². The van der Waals surface area contributed by atoms with Gasteiger partial charge < -0.3 is 15.4 Å². The van der Waals surface area contributed by atoms with Gasteiger partial charge in [0.1, 0.15) is 0 Å². The first-order valence-electron chi connectivity index (χ1n) is 10.2. The number of para-hydroxylation sites is 1. The normalized spacial score (nSPS) is 10.5. The first-order chi connectivity index (χ1) is 14.9. The highest BCUT2D eigenvalue weighted by Crippen LogP contribution is 2.23. The van der Waals surface area contributed by atoms with Crippen molar-refractivity contribution in [2.75, 3.05) is 17.2 Å². The predicted octanol–water partition coefficient (Wildman–Crippen LogP) is 4.75. The molecular formula is C25H26N2O4. The van der Waals surface area contributed by atoms with E-state index in [0.717, 1.165) is 33.3 Å². The minimum absolute atomic E-state index is 0.0691. The molecule has 2 N–H and O–H groups in total. The molecule has 6 nitrogen and oxygen atoms in total. The number of aryl methyl sites for hydroxylation is 2. The van der Waals surface area contributed by atoms with E-state index in [9.17, 15) is 14.4 Å². The van der Waals surface area contributed by atoms with Crippen molar-refractivity contribution in [3.05, 3.63) is 71.8 Å². The summed E-state index contributed by atoms with van der Waals surface area (Å²) in [6, 6.07) is 19.2. The minimum atomic E-state index is -0.505. The second kappa shape index (κ2) is 10.4. The molecule has 0 aliphatic heterocycles. The van der Waals surface area contributed by atoms with E-state index in [2.05, 4.69) is 10.6 Å². The zero-order chi connectivity index (χ0) is 22.2. The van der Waals surface area contributed by atoms with Crippen LogP contribution < -0.4 is 10.6 Å². The number of hydrogen-bond acceptors (Lipinski definition) is 4. The summed E-state index contributed by atoms with van der Waals surface area (Å²) >= 11 is 0. The molecule has 2 amide bonds. The van der Waals surface area contributed by atoms with Gasteiger partial charge in [-0.2, -0.15) is 0 Å². The molecule has 160 valence electrons. The van der Waals surface area contributed by atoms with Crippen LogP contribution >= 0.6 is 0 Å². The number of anilines is 2. The van der Waals surface area contributed by atoms with Crippen LogP contribution in [0.2, 0.25) is 0 Å². The van der Waals surface area contributed by atoms with E-state index in [-0.39, 0.29) is 31.3 Å². The fraction of sp³-hybridized carbons (Fsp3) is 0.240. The highest BCUT2D eigenvalue weighted by Gasteiger charge is 2.12. The van der Waals surface area contributed by atoms with Crippen LogP contribution in [0.4, 0.5) is 11.4 Å². The van der Waals surface area contributed by atoms with E-state index in [4.69, 9.17) is 4.74 Å². The molecule has 3 aromatic rings. The van der Waals surface area contributed by atoms with Gasteiger partial charge in [0.15, 0.2) is 6.61 Å². The van der Waals surface area contributed by atoms with E-state index in [1.54, 1.807) is 0 Å². The molecule has 0 spiro atoms. The lowest BCUT2D eigenvalue weighted by Crippen LogP contribution is -2.22. The number of carbonyl (C=O) groups excluding carboxylic acids is 3. The summed E-state index contributed by atoms with van der Waals surface area (Å²) in [7, 11) is 0. The molecule has 0 radical (unpaired) electrons. The van der Waals surface area contributed by atoms with Gasteiger partial charge in [0.2, 0.25) is 5.91 Å². The average Bonchev–Trinajstić information content (AvgIpc) is 2.75. The lowest BCUT2D eigenvalue weighted by Gasteiger charge is -2.11. The number of esters is 1. The van der Waals surface area contributed by atoms with E-state index in [0.29, 0.717) is 6.42 Å². The predicted molar refractivity (Wildman–Crippen MR) is 122 cm³/mol. The number of carbonyl (C=O) groups is 3. The maximum Gasteiger partial charge on any atom is 0.306 e. The van der Waals surface area contributed by atoms with E-state index >= 15 is 0 Å². The van der Waals surface area contributed by atoms with Crippen LogP contribution in [0, 0.1) is 13.8 Å². The number of fused-ring (bicyclic) bond motifs is 1. The Labute approximate surface area is 181 Å². The van der Waals surface area contributed by atoms with Gasteiger partial charge in [-0.05, 0) is 42.8 Å². The zero-order valence-electron chi connectivity index (χ0n) is 17.7. The molecule has 6 heteroatoms. The summed E-state index contributed by atoms with van der Waals surface area (Å²) in [6.07, 6.45) is 0.598. The van der Waals surface area contributed by atoms with Gasteiger partial charge >= 0.3 is 5.97 Å². The Kier molecular flexibility index (Phi) is 7.38. The van der Waals surface area contributed by atoms with Gasteiger partial charge in [-0.1, -0.05) is 54.6 Å². The number of ether oxygens (including phenoxy) is 1. The van der Waals surface area contributed by atoms with Crippen LogP contribution in [0.1, 0.15) is 30.4 Å². The highest BCUT2D eigenvalue weighted by atomic mass is 16.5. The molecular weight excluding hydrogens is 392 g/mol. The average molecular weight is 418 g/mol. The van der Waals surface area contributed by atoms with Crippen LogP contribution in [0.3, 0.4) is 0 Å². The molecule has 31 heavy (non-hydrogen) atoms. The topological polar surface area (TPSA) is 84.5 Å². The number of benzene rings is 3. The van der Waals surface area contributed by atoms with Gasteiger partial charge in [0.05, 0.1) is 0 Å². The maximum atomic E-state index is 12.2. The van der Waals surface area contributed by atoms with E-state index < -0.39 is 5.97 Å². The van der Waals surface area contributed by atoms with Crippen LogP contribution in [0.5, 0.6) is 0 Å². The van der Waals surface area contributed by atoms with E-state index in [1.807, 2.05) is 74.5 Å². The molecule has 3 rings (SSSR count). The number of rotatable bonds is 8.